The standard InChI is InChI=1S/C18H32N2O4/c1-18(2,3)24-17(22)20-11-13-9-19-10-14(12-20)15(13)7-5-6-8-16(21)23-4/h13-15,19H,5-12H2,1-4H3. The fourth-order valence-corrected chi connectivity index (χ4v) is 3.88. The van der Waals surface area contributed by atoms with Crippen molar-refractivity contribution in [3.05, 3.63) is 0 Å². The smallest absolute Gasteiger partial charge is 0.410 e. The monoisotopic (exact) mass is 340 g/mol. The van der Waals surface area contributed by atoms with Gasteiger partial charge in [0.25, 0.3) is 0 Å². The number of hydrogen-bond acceptors (Lipinski definition) is 5. The van der Waals surface area contributed by atoms with Gasteiger partial charge in [-0.25, -0.2) is 4.79 Å². The molecule has 1 N–H and O–H groups in total. The molecule has 24 heavy (non-hydrogen) atoms. The SMILES string of the molecule is COC(=O)CCCCC1C2CNCC1CN(C(=O)OC(C)(C)C)C2. The Morgan fingerprint density at radius 1 is 1.12 bits per heavy atom. The maximum Gasteiger partial charge on any atom is 0.410 e. The van der Waals surface area contributed by atoms with Crippen molar-refractivity contribution >= 4 is 12.1 Å². The van der Waals surface area contributed by atoms with E-state index in [4.69, 9.17) is 9.47 Å². The van der Waals surface area contributed by atoms with Gasteiger partial charge >= 0.3 is 12.1 Å². The maximum atomic E-state index is 12.4. The highest BCUT2D eigenvalue weighted by Crippen LogP contribution is 2.35. The Morgan fingerprint density at radius 2 is 1.75 bits per heavy atom. The molecule has 0 radical (unpaired) electrons. The molecule has 2 unspecified atom stereocenters. The molecule has 2 atom stereocenters. The number of unbranched alkanes of at least 4 members (excludes halogenated alkanes) is 1. The molecule has 2 saturated heterocycles. The summed E-state index contributed by atoms with van der Waals surface area (Å²) in [4.78, 5) is 25.4. The first kappa shape index (κ1) is 19.0. The number of amides is 1. The molecule has 0 aromatic carbocycles. The summed E-state index contributed by atoms with van der Waals surface area (Å²) < 4.78 is 10.2. The molecule has 2 rings (SSSR count). The van der Waals surface area contributed by atoms with E-state index in [1.807, 2.05) is 25.7 Å². The molecule has 0 aromatic rings. The van der Waals surface area contributed by atoms with E-state index in [0.29, 0.717) is 24.2 Å². The molecule has 0 spiro atoms. The van der Waals surface area contributed by atoms with E-state index in [1.54, 1.807) is 0 Å². The van der Waals surface area contributed by atoms with Gasteiger partial charge in [0, 0.05) is 19.5 Å². The molecule has 6 nitrogen and oxygen atoms in total. The molecule has 2 heterocycles. The molecule has 2 aliphatic heterocycles. The quantitative estimate of drug-likeness (QED) is 0.615. The van der Waals surface area contributed by atoms with Crippen LogP contribution in [0, 0.1) is 17.8 Å². The highest BCUT2D eigenvalue weighted by Gasteiger charge is 2.41. The van der Waals surface area contributed by atoms with Crippen molar-refractivity contribution in [1.82, 2.24) is 10.2 Å². The van der Waals surface area contributed by atoms with Gasteiger partial charge in [0.1, 0.15) is 5.60 Å². The number of rotatable bonds is 5. The first-order valence-electron chi connectivity index (χ1n) is 9.05. The number of piperidine rings is 2. The van der Waals surface area contributed by atoms with Crippen LogP contribution in [0.25, 0.3) is 0 Å². The first-order chi connectivity index (χ1) is 11.3. The Hall–Kier alpha value is -1.30. The molecular formula is C18H32N2O4. The van der Waals surface area contributed by atoms with Crippen LogP contribution in [-0.4, -0.2) is 55.9 Å². The normalized spacial score (nSPS) is 26.8. The fraction of sp³-hybridized carbons (Fsp3) is 0.889. The average molecular weight is 340 g/mol. The number of fused-ring (bicyclic) bond motifs is 2. The van der Waals surface area contributed by atoms with Gasteiger partial charge < -0.3 is 19.7 Å². The van der Waals surface area contributed by atoms with Crippen LogP contribution in [0.1, 0.15) is 46.5 Å². The third-order valence-corrected chi connectivity index (χ3v) is 4.98. The largest absolute Gasteiger partial charge is 0.469 e. The van der Waals surface area contributed by atoms with Gasteiger partial charge in [-0.05, 0) is 64.5 Å². The molecular weight excluding hydrogens is 308 g/mol. The van der Waals surface area contributed by atoms with Gasteiger partial charge in [-0.2, -0.15) is 0 Å². The highest BCUT2D eigenvalue weighted by atomic mass is 16.6. The van der Waals surface area contributed by atoms with Gasteiger partial charge in [0.15, 0.2) is 0 Å². The van der Waals surface area contributed by atoms with Crippen molar-refractivity contribution < 1.29 is 19.1 Å². The van der Waals surface area contributed by atoms with Crippen molar-refractivity contribution in [2.24, 2.45) is 17.8 Å². The minimum Gasteiger partial charge on any atom is -0.469 e. The number of hydrogen-bond donors (Lipinski definition) is 1. The molecule has 6 heteroatoms. The van der Waals surface area contributed by atoms with Crippen molar-refractivity contribution in [3.63, 3.8) is 0 Å². The molecule has 2 bridgehead atoms. The highest BCUT2D eigenvalue weighted by molar-refractivity contribution is 5.69. The zero-order valence-corrected chi connectivity index (χ0v) is 15.5. The van der Waals surface area contributed by atoms with E-state index in [1.165, 1.54) is 7.11 Å². The van der Waals surface area contributed by atoms with Crippen LogP contribution in [0.15, 0.2) is 0 Å². The predicted molar refractivity (Wildman–Crippen MR) is 91.6 cm³/mol. The minimum atomic E-state index is -0.449. The second kappa shape index (κ2) is 8.19. The van der Waals surface area contributed by atoms with Crippen LogP contribution >= 0.6 is 0 Å². The van der Waals surface area contributed by atoms with Crippen LogP contribution < -0.4 is 5.32 Å². The summed E-state index contributed by atoms with van der Waals surface area (Å²) in [6.07, 6.45) is 3.35. The molecule has 2 fully saturated rings. The van der Waals surface area contributed by atoms with Gasteiger partial charge in [-0.1, -0.05) is 6.42 Å². The second-order valence-corrected chi connectivity index (χ2v) is 8.05. The van der Waals surface area contributed by atoms with E-state index in [2.05, 4.69) is 5.32 Å². The molecule has 2 aliphatic rings. The summed E-state index contributed by atoms with van der Waals surface area (Å²) in [6.45, 7) is 9.15. The fourth-order valence-electron chi connectivity index (χ4n) is 3.88. The molecule has 138 valence electrons. The van der Waals surface area contributed by atoms with Gasteiger partial charge in [0.2, 0.25) is 0 Å². The second-order valence-electron chi connectivity index (χ2n) is 8.05. The minimum absolute atomic E-state index is 0.128. The number of nitrogens with one attached hydrogen (secondary N) is 1. The Labute approximate surface area is 145 Å². The molecule has 0 saturated carbocycles. The number of methoxy groups -OCH3 is 1. The summed E-state index contributed by atoms with van der Waals surface area (Å²) in [5.41, 5.74) is -0.449. The summed E-state index contributed by atoms with van der Waals surface area (Å²) in [5.74, 6) is 1.45. The van der Waals surface area contributed by atoms with Gasteiger partial charge in [-0.3, -0.25) is 4.79 Å². The van der Waals surface area contributed by atoms with Crippen molar-refractivity contribution in [2.45, 2.75) is 52.1 Å². The van der Waals surface area contributed by atoms with Crippen LogP contribution in [-0.2, 0) is 14.3 Å². The van der Waals surface area contributed by atoms with E-state index in [9.17, 15) is 9.59 Å². The molecule has 0 aliphatic carbocycles. The topological polar surface area (TPSA) is 67.9 Å². The average Bonchev–Trinajstić information content (AvgIpc) is 2.48. The number of likely N-dealkylation sites (tertiary alicyclic amines) is 1. The summed E-state index contributed by atoms with van der Waals surface area (Å²) >= 11 is 0. The van der Waals surface area contributed by atoms with Crippen molar-refractivity contribution in [2.75, 3.05) is 33.3 Å². The number of nitrogens with zero attached hydrogens (tertiary/aromatic N) is 1. The molecule has 1 amide bonds. The van der Waals surface area contributed by atoms with Crippen LogP contribution in [0.2, 0.25) is 0 Å². The third kappa shape index (κ3) is 5.36. The summed E-state index contributed by atoms with van der Waals surface area (Å²) in [6, 6.07) is 0. The zero-order valence-electron chi connectivity index (χ0n) is 15.5. The van der Waals surface area contributed by atoms with E-state index >= 15 is 0 Å². The lowest BCUT2D eigenvalue weighted by Crippen LogP contribution is -2.58. The lowest BCUT2D eigenvalue weighted by molar-refractivity contribution is -0.140. The summed E-state index contributed by atoms with van der Waals surface area (Å²) in [7, 11) is 1.44. The number of carbonyl (C=O) groups excluding carboxylic acids is 2. The van der Waals surface area contributed by atoms with Crippen LogP contribution in [0.3, 0.4) is 0 Å². The number of esters is 1. The Bertz CT molecular complexity index is 433. The maximum absolute atomic E-state index is 12.4. The van der Waals surface area contributed by atoms with E-state index in [-0.39, 0.29) is 12.1 Å². The van der Waals surface area contributed by atoms with Crippen LogP contribution in [0.4, 0.5) is 4.79 Å². The Kier molecular flexibility index (Phi) is 6.49. The zero-order chi connectivity index (χ0) is 17.7. The lowest BCUT2D eigenvalue weighted by atomic mass is 9.72. The van der Waals surface area contributed by atoms with E-state index in [0.717, 1.165) is 45.4 Å². The summed E-state index contributed by atoms with van der Waals surface area (Å²) in [5, 5.41) is 3.49. The van der Waals surface area contributed by atoms with Crippen molar-refractivity contribution in [3.8, 4) is 0 Å². The van der Waals surface area contributed by atoms with Gasteiger partial charge in [-0.15, -0.1) is 0 Å². The number of ether oxygens (including phenoxy) is 2. The Balaban J connectivity index is 1.84. The predicted octanol–water partition coefficient (Wildman–Crippen LogP) is 2.42. The van der Waals surface area contributed by atoms with Crippen molar-refractivity contribution in [1.29, 1.82) is 0 Å². The van der Waals surface area contributed by atoms with Gasteiger partial charge in [0.05, 0.1) is 7.11 Å². The lowest BCUT2D eigenvalue weighted by Gasteiger charge is -2.47. The van der Waals surface area contributed by atoms with E-state index < -0.39 is 5.60 Å². The number of carbonyl (C=O) groups is 2. The Morgan fingerprint density at radius 3 is 2.29 bits per heavy atom. The molecule has 0 aromatic heterocycles. The third-order valence-electron chi connectivity index (χ3n) is 4.98. The first-order valence-corrected chi connectivity index (χ1v) is 9.05. The van der Waals surface area contributed by atoms with Crippen LogP contribution in [0.5, 0.6) is 0 Å².